The number of aromatic nitrogens is 1. The number of esters is 1. The number of pyridine rings is 1. The van der Waals surface area contributed by atoms with Crippen molar-refractivity contribution in [2.45, 2.75) is 50.0 Å². The van der Waals surface area contributed by atoms with Crippen molar-refractivity contribution in [2.75, 3.05) is 5.73 Å². The number of carbonyl (C=O) groups excluding carboxylic acids is 1. The molecule has 1 rings (SSSR count). The summed E-state index contributed by atoms with van der Waals surface area (Å²) >= 11 is 7.06. The van der Waals surface area contributed by atoms with Gasteiger partial charge in [0.2, 0.25) is 0 Å². The zero-order valence-electron chi connectivity index (χ0n) is 11.8. The molecular weight excluding hydrogens is 284 g/mol. The molecule has 2 N–H and O–H groups in total. The van der Waals surface area contributed by atoms with Crippen LogP contribution in [-0.4, -0.2) is 21.3 Å². The maximum Gasteiger partial charge on any atom is 0.322 e. The molecule has 0 spiro atoms. The van der Waals surface area contributed by atoms with E-state index in [0.29, 0.717) is 15.7 Å². The van der Waals surface area contributed by atoms with Crippen LogP contribution in [-0.2, 0) is 9.53 Å². The summed E-state index contributed by atoms with van der Waals surface area (Å²) in [5.41, 5.74) is 5.77. The van der Waals surface area contributed by atoms with E-state index >= 15 is 0 Å². The Balaban J connectivity index is 2.87. The van der Waals surface area contributed by atoms with Gasteiger partial charge >= 0.3 is 5.97 Å². The van der Waals surface area contributed by atoms with E-state index in [9.17, 15) is 4.79 Å². The van der Waals surface area contributed by atoms with Gasteiger partial charge in [0.1, 0.15) is 15.4 Å². The summed E-state index contributed by atoms with van der Waals surface area (Å²) in [6, 6.07) is 1.61. The monoisotopic (exact) mass is 302 g/mol. The fourth-order valence-electron chi connectivity index (χ4n) is 1.21. The van der Waals surface area contributed by atoms with Gasteiger partial charge in [0, 0.05) is 6.20 Å². The van der Waals surface area contributed by atoms with Crippen LogP contribution in [0.1, 0.15) is 34.6 Å². The average molecular weight is 303 g/mol. The smallest absolute Gasteiger partial charge is 0.322 e. The molecular formula is C13H19ClN2O2S. The molecule has 0 aliphatic heterocycles. The van der Waals surface area contributed by atoms with E-state index in [1.165, 1.54) is 18.0 Å². The summed E-state index contributed by atoms with van der Waals surface area (Å²) in [6.45, 7) is 9.06. The van der Waals surface area contributed by atoms with Gasteiger partial charge in [0.15, 0.2) is 0 Å². The highest BCUT2D eigenvalue weighted by atomic mass is 35.5. The van der Waals surface area contributed by atoms with Crippen molar-refractivity contribution in [1.29, 1.82) is 0 Å². The maximum atomic E-state index is 12.1. The lowest BCUT2D eigenvalue weighted by Gasteiger charge is -2.27. The topological polar surface area (TPSA) is 65.2 Å². The Hall–Kier alpha value is -0.940. The van der Waals surface area contributed by atoms with E-state index in [2.05, 4.69) is 4.98 Å². The van der Waals surface area contributed by atoms with Crippen molar-refractivity contribution in [3.05, 3.63) is 17.3 Å². The predicted octanol–water partition coefficient (Wildman–Crippen LogP) is 3.53. The Morgan fingerprint density at radius 2 is 1.95 bits per heavy atom. The quantitative estimate of drug-likeness (QED) is 0.683. The van der Waals surface area contributed by atoms with Crippen molar-refractivity contribution < 1.29 is 9.53 Å². The van der Waals surface area contributed by atoms with E-state index in [-0.39, 0.29) is 5.97 Å². The molecule has 0 saturated carbocycles. The lowest BCUT2D eigenvalue weighted by molar-refractivity contribution is -0.156. The van der Waals surface area contributed by atoms with Crippen molar-refractivity contribution in [3.8, 4) is 0 Å². The lowest BCUT2D eigenvalue weighted by atomic mass is 10.1. The highest BCUT2D eigenvalue weighted by Gasteiger charge is 2.34. The second-order valence-corrected chi connectivity index (χ2v) is 7.71. The molecule has 1 aromatic heterocycles. The Morgan fingerprint density at radius 3 is 2.42 bits per heavy atom. The molecule has 0 fully saturated rings. The van der Waals surface area contributed by atoms with Crippen molar-refractivity contribution in [3.63, 3.8) is 0 Å². The van der Waals surface area contributed by atoms with Crippen LogP contribution in [0.4, 0.5) is 5.69 Å². The molecule has 1 heterocycles. The average Bonchev–Trinajstić information content (AvgIpc) is 2.19. The zero-order chi connectivity index (χ0) is 14.8. The van der Waals surface area contributed by atoms with Gasteiger partial charge in [-0.15, -0.1) is 0 Å². The molecule has 19 heavy (non-hydrogen) atoms. The molecule has 1 aromatic rings. The van der Waals surface area contributed by atoms with Gasteiger partial charge in [-0.1, -0.05) is 23.4 Å². The fraction of sp³-hybridized carbons (Fsp3) is 0.538. The second-order valence-electron chi connectivity index (χ2n) is 5.66. The molecule has 0 radical (unpaired) electrons. The normalized spacial score (nSPS) is 12.3. The number of nitrogen functional groups attached to an aromatic ring is 1. The van der Waals surface area contributed by atoms with E-state index < -0.39 is 10.3 Å². The molecule has 0 saturated heterocycles. The van der Waals surface area contributed by atoms with Crippen LogP contribution in [0.15, 0.2) is 17.3 Å². The Bertz CT molecular complexity index is 484. The molecule has 0 unspecified atom stereocenters. The number of nitrogens with two attached hydrogens (primary N) is 1. The summed E-state index contributed by atoms with van der Waals surface area (Å²) in [6.07, 6.45) is 1.51. The number of rotatable bonds is 3. The van der Waals surface area contributed by atoms with Crippen molar-refractivity contribution in [1.82, 2.24) is 4.98 Å². The summed E-state index contributed by atoms with van der Waals surface area (Å²) in [7, 11) is 0. The molecule has 0 bridgehead atoms. The van der Waals surface area contributed by atoms with Crippen LogP contribution in [0.3, 0.4) is 0 Å². The highest BCUT2D eigenvalue weighted by molar-refractivity contribution is 8.01. The Morgan fingerprint density at radius 1 is 1.37 bits per heavy atom. The lowest BCUT2D eigenvalue weighted by Crippen LogP contribution is -2.36. The highest BCUT2D eigenvalue weighted by Crippen LogP contribution is 2.36. The third-order valence-electron chi connectivity index (χ3n) is 2.09. The molecule has 0 atom stereocenters. The van der Waals surface area contributed by atoms with E-state index in [1.807, 2.05) is 20.8 Å². The first-order chi connectivity index (χ1) is 8.51. The zero-order valence-corrected chi connectivity index (χ0v) is 13.4. The van der Waals surface area contributed by atoms with Gasteiger partial charge < -0.3 is 10.5 Å². The van der Waals surface area contributed by atoms with Crippen LogP contribution < -0.4 is 5.73 Å². The summed E-state index contributed by atoms with van der Waals surface area (Å²) in [5.74, 6) is -0.304. The molecule has 4 nitrogen and oxygen atoms in total. The number of thioether (sulfide) groups is 1. The van der Waals surface area contributed by atoms with Gasteiger partial charge in [-0.2, -0.15) is 0 Å². The van der Waals surface area contributed by atoms with Gasteiger partial charge in [0.25, 0.3) is 0 Å². The number of hydrogen-bond acceptors (Lipinski definition) is 5. The second kappa shape index (κ2) is 5.59. The minimum absolute atomic E-state index is 0.304. The minimum Gasteiger partial charge on any atom is -0.459 e. The third kappa shape index (κ3) is 4.91. The molecule has 0 amide bonds. The number of ether oxygens (including phenoxy) is 1. The summed E-state index contributed by atoms with van der Waals surface area (Å²) in [5, 5.41) is 1.04. The standard InChI is InChI=1S/C13H19ClN2O2S/c1-12(2,3)18-11(17)13(4,5)19-10-9(15)6-8(14)7-16-10/h6-7H,15H2,1-5H3. The number of halogens is 1. The minimum atomic E-state index is -0.776. The molecule has 0 aliphatic carbocycles. The summed E-state index contributed by atoms with van der Waals surface area (Å²) < 4.78 is 4.61. The molecule has 0 aromatic carbocycles. The van der Waals surface area contributed by atoms with E-state index in [1.54, 1.807) is 19.9 Å². The first-order valence-electron chi connectivity index (χ1n) is 5.85. The van der Waals surface area contributed by atoms with Crippen molar-refractivity contribution >= 4 is 35.0 Å². The van der Waals surface area contributed by atoms with Crippen LogP contribution in [0.2, 0.25) is 5.02 Å². The van der Waals surface area contributed by atoms with Crippen LogP contribution in [0.5, 0.6) is 0 Å². The van der Waals surface area contributed by atoms with E-state index in [0.717, 1.165) is 0 Å². The van der Waals surface area contributed by atoms with Crippen LogP contribution in [0.25, 0.3) is 0 Å². The number of nitrogens with zero attached hydrogens (tertiary/aromatic N) is 1. The van der Waals surface area contributed by atoms with Gasteiger partial charge in [0.05, 0.1) is 10.7 Å². The van der Waals surface area contributed by atoms with Gasteiger partial charge in [-0.05, 0) is 40.7 Å². The summed E-state index contributed by atoms with van der Waals surface area (Å²) in [4.78, 5) is 16.3. The van der Waals surface area contributed by atoms with Gasteiger partial charge in [-0.3, -0.25) is 4.79 Å². The van der Waals surface area contributed by atoms with Crippen LogP contribution in [0, 0.1) is 0 Å². The van der Waals surface area contributed by atoms with E-state index in [4.69, 9.17) is 22.1 Å². The first kappa shape index (κ1) is 16.1. The largest absolute Gasteiger partial charge is 0.459 e. The number of carbonyl (C=O) groups is 1. The Kier molecular flexibility index (Phi) is 4.74. The first-order valence-corrected chi connectivity index (χ1v) is 7.04. The SMILES string of the molecule is CC(C)(C)OC(=O)C(C)(C)Sc1ncc(Cl)cc1N. The van der Waals surface area contributed by atoms with Crippen molar-refractivity contribution in [2.24, 2.45) is 0 Å². The molecule has 6 heteroatoms. The predicted molar refractivity (Wildman–Crippen MR) is 79.4 cm³/mol. The van der Waals surface area contributed by atoms with Crippen LogP contribution >= 0.6 is 23.4 Å². The maximum absolute atomic E-state index is 12.1. The third-order valence-corrected chi connectivity index (χ3v) is 3.51. The molecule has 106 valence electrons. The van der Waals surface area contributed by atoms with Gasteiger partial charge in [-0.25, -0.2) is 4.98 Å². The fourth-order valence-corrected chi connectivity index (χ4v) is 2.27. The number of anilines is 1. The number of hydrogen-bond donors (Lipinski definition) is 1. The molecule has 0 aliphatic rings. The Labute approximate surface area is 123 Å².